The summed E-state index contributed by atoms with van der Waals surface area (Å²) in [6.07, 6.45) is 0.141. The Morgan fingerprint density at radius 2 is 2.05 bits per heavy atom. The van der Waals surface area contributed by atoms with Crippen LogP contribution in [0.4, 0.5) is 10.1 Å². The molecule has 0 aromatic heterocycles. The Bertz CT molecular complexity index is 539. The van der Waals surface area contributed by atoms with Crippen LogP contribution in [0.25, 0.3) is 0 Å². The fraction of sp³-hybridized carbons (Fsp3) is 0.308. The largest absolute Gasteiger partial charge is 0.481 e. The molecule has 1 N–H and O–H groups in total. The van der Waals surface area contributed by atoms with Gasteiger partial charge in [-0.25, -0.2) is 9.40 Å². The van der Waals surface area contributed by atoms with Gasteiger partial charge < -0.3 is 5.11 Å². The van der Waals surface area contributed by atoms with Gasteiger partial charge in [-0.1, -0.05) is 0 Å². The van der Waals surface area contributed by atoms with Crippen molar-refractivity contribution in [1.82, 2.24) is 0 Å². The smallest absolute Gasteiger partial charge is 0.303 e. The van der Waals surface area contributed by atoms with Crippen molar-refractivity contribution in [1.29, 1.82) is 0 Å². The molecule has 1 aliphatic rings. The van der Waals surface area contributed by atoms with Gasteiger partial charge in [0.1, 0.15) is 5.82 Å². The van der Waals surface area contributed by atoms with E-state index in [2.05, 4.69) is 5.10 Å². The number of hydrazone groups is 1. The van der Waals surface area contributed by atoms with Gasteiger partial charge in [0.25, 0.3) is 5.91 Å². The average Bonchev–Trinajstić information content (AvgIpc) is 2.63. The van der Waals surface area contributed by atoms with Gasteiger partial charge >= 0.3 is 5.97 Å². The number of carbonyl (C=O) groups is 2. The van der Waals surface area contributed by atoms with Gasteiger partial charge in [0.05, 0.1) is 11.6 Å². The molecule has 0 aliphatic carbocycles. The molecule has 1 aliphatic heterocycles. The minimum Gasteiger partial charge on any atom is -0.481 e. The van der Waals surface area contributed by atoms with E-state index in [1.165, 1.54) is 29.3 Å². The highest BCUT2D eigenvalue weighted by atomic mass is 19.1. The van der Waals surface area contributed by atoms with Gasteiger partial charge in [-0.2, -0.15) is 5.10 Å². The third-order valence-corrected chi connectivity index (χ3v) is 2.99. The maximum absolute atomic E-state index is 12.8. The second kappa shape index (κ2) is 5.17. The normalized spacial score (nSPS) is 18.6. The number of aliphatic carboxylic acids is 1. The lowest BCUT2D eigenvalue weighted by atomic mass is 9.98. The van der Waals surface area contributed by atoms with Crippen molar-refractivity contribution >= 4 is 23.3 Å². The van der Waals surface area contributed by atoms with Crippen LogP contribution in [0.1, 0.15) is 19.8 Å². The quantitative estimate of drug-likeness (QED) is 0.904. The average molecular weight is 264 g/mol. The zero-order chi connectivity index (χ0) is 14.0. The topological polar surface area (TPSA) is 70.0 Å². The van der Waals surface area contributed by atoms with Gasteiger partial charge in [0, 0.05) is 12.1 Å². The monoisotopic (exact) mass is 264 g/mol. The van der Waals surface area contributed by atoms with E-state index in [0.717, 1.165) is 0 Å². The first-order chi connectivity index (χ1) is 8.99. The van der Waals surface area contributed by atoms with E-state index in [1.807, 2.05) is 0 Å². The maximum atomic E-state index is 12.8. The molecule has 2 rings (SSSR count). The number of carbonyl (C=O) groups excluding carboxylic acids is 1. The van der Waals surface area contributed by atoms with E-state index in [0.29, 0.717) is 11.4 Å². The van der Waals surface area contributed by atoms with Crippen molar-refractivity contribution < 1.29 is 19.1 Å². The number of carboxylic acids is 1. The molecule has 1 heterocycles. The fourth-order valence-corrected chi connectivity index (χ4v) is 1.97. The van der Waals surface area contributed by atoms with E-state index in [1.54, 1.807) is 6.92 Å². The minimum absolute atomic E-state index is 0.0828. The summed E-state index contributed by atoms with van der Waals surface area (Å²) in [5.74, 6) is -2.12. The SMILES string of the molecule is CC1=NN(c2ccc(F)cc2)C(=O)C1CCC(=O)O. The molecule has 6 heteroatoms. The Labute approximate surface area is 109 Å². The van der Waals surface area contributed by atoms with Crippen molar-refractivity contribution in [2.45, 2.75) is 19.8 Å². The molecule has 0 spiro atoms. The lowest BCUT2D eigenvalue weighted by molar-refractivity contribution is -0.137. The van der Waals surface area contributed by atoms with Crippen molar-refractivity contribution in [2.24, 2.45) is 11.0 Å². The first-order valence-electron chi connectivity index (χ1n) is 5.85. The van der Waals surface area contributed by atoms with Crippen LogP contribution in [0, 0.1) is 11.7 Å². The predicted octanol–water partition coefficient (Wildman–Crippen LogP) is 2.03. The van der Waals surface area contributed by atoms with Crippen LogP contribution in [0.5, 0.6) is 0 Å². The van der Waals surface area contributed by atoms with Crippen LogP contribution in [0.2, 0.25) is 0 Å². The molecule has 1 atom stereocenters. The van der Waals surface area contributed by atoms with Crippen molar-refractivity contribution in [3.8, 4) is 0 Å². The molecule has 0 saturated heterocycles. The summed E-state index contributed by atoms with van der Waals surface area (Å²) in [5, 5.41) is 14.0. The Kier molecular flexibility index (Phi) is 3.59. The number of nitrogens with zero attached hydrogens (tertiary/aromatic N) is 2. The van der Waals surface area contributed by atoms with Gasteiger partial charge in [0.15, 0.2) is 0 Å². The van der Waals surface area contributed by atoms with Gasteiger partial charge in [-0.15, -0.1) is 0 Å². The van der Waals surface area contributed by atoms with E-state index in [4.69, 9.17) is 5.11 Å². The first-order valence-corrected chi connectivity index (χ1v) is 5.85. The van der Waals surface area contributed by atoms with Gasteiger partial charge in [-0.3, -0.25) is 9.59 Å². The fourth-order valence-electron chi connectivity index (χ4n) is 1.97. The van der Waals surface area contributed by atoms with Gasteiger partial charge in [0.2, 0.25) is 0 Å². The predicted molar refractivity (Wildman–Crippen MR) is 67.4 cm³/mol. The van der Waals surface area contributed by atoms with Crippen LogP contribution in [0.15, 0.2) is 29.4 Å². The number of hydrogen-bond donors (Lipinski definition) is 1. The Balaban J connectivity index is 2.15. The minimum atomic E-state index is -0.944. The molecular weight excluding hydrogens is 251 g/mol. The van der Waals surface area contributed by atoms with Crippen LogP contribution in [-0.4, -0.2) is 22.7 Å². The Morgan fingerprint density at radius 3 is 2.63 bits per heavy atom. The summed E-state index contributed by atoms with van der Waals surface area (Å²) in [5.41, 5.74) is 1.05. The molecular formula is C13H13FN2O3. The van der Waals surface area contributed by atoms with E-state index >= 15 is 0 Å². The van der Waals surface area contributed by atoms with Crippen molar-refractivity contribution in [3.05, 3.63) is 30.1 Å². The summed E-state index contributed by atoms with van der Waals surface area (Å²) >= 11 is 0. The molecule has 5 nitrogen and oxygen atoms in total. The third-order valence-electron chi connectivity index (χ3n) is 2.99. The molecule has 0 saturated carbocycles. The lowest BCUT2D eigenvalue weighted by Crippen LogP contribution is -2.27. The molecule has 0 bridgehead atoms. The Hall–Kier alpha value is -2.24. The highest BCUT2D eigenvalue weighted by Gasteiger charge is 2.34. The summed E-state index contributed by atoms with van der Waals surface area (Å²) < 4.78 is 12.8. The Morgan fingerprint density at radius 1 is 1.42 bits per heavy atom. The molecule has 0 radical (unpaired) electrons. The zero-order valence-electron chi connectivity index (χ0n) is 10.3. The first kappa shape index (κ1) is 13.2. The van der Waals surface area contributed by atoms with E-state index < -0.39 is 17.7 Å². The van der Waals surface area contributed by atoms with E-state index in [9.17, 15) is 14.0 Å². The van der Waals surface area contributed by atoms with E-state index in [-0.39, 0.29) is 18.7 Å². The standard InChI is InChI=1S/C13H13FN2O3/c1-8-11(6-7-12(17)18)13(19)16(15-8)10-4-2-9(14)3-5-10/h2-5,11H,6-7H2,1H3,(H,17,18). The van der Waals surface area contributed by atoms with Crippen LogP contribution in [-0.2, 0) is 9.59 Å². The van der Waals surface area contributed by atoms with Crippen molar-refractivity contribution in [3.63, 3.8) is 0 Å². The second-order valence-corrected chi connectivity index (χ2v) is 4.35. The highest BCUT2D eigenvalue weighted by Crippen LogP contribution is 2.26. The summed E-state index contributed by atoms with van der Waals surface area (Å²) in [4.78, 5) is 22.7. The summed E-state index contributed by atoms with van der Waals surface area (Å²) in [7, 11) is 0. The van der Waals surface area contributed by atoms with Crippen LogP contribution < -0.4 is 5.01 Å². The molecule has 19 heavy (non-hydrogen) atoms. The van der Waals surface area contributed by atoms with Crippen molar-refractivity contribution in [2.75, 3.05) is 5.01 Å². The molecule has 1 amide bonds. The number of hydrogen-bond acceptors (Lipinski definition) is 3. The second-order valence-electron chi connectivity index (χ2n) is 4.35. The molecule has 1 aromatic carbocycles. The zero-order valence-corrected chi connectivity index (χ0v) is 10.3. The van der Waals surface area contributed by atoms with Crippen LogP contribution >= 0.6 is 0 Å². The van der Waals surface area contributed by atoms with Crippen LogP contribution in [0.3, 0.4) is 0 Å². The summed E-state index contributed by atoms with van der Waals surface area (Å²) in [6.45, 7) is 1.69. The molecule has 0 fully saturated rings. The highest BCUT2D eigenvalue weighted by molar-refractivity contribution is 6.14. The lowest BCUT2D eigenvalue weighted by Gasteiger charge is -2.13. The summed E-state index contributed by atoms with van der Waals surface area (Å²) in [6, 6.07) is 5.42. The number of benzene rings is 1. The maximum Gasteiger partial charge on any atom is 0.303 e. The molecule has 1 aromatic rings. The number of amides is 1. The van der Waals surface area contributed by atoms with Gasteiger partial charge in [-0.05, 0) is 37.6 Å². The number of carboxylic acid groups (broad SMARTS) is 1. The molecule has 100 valence electrons. The number of rotatable bonds is 4. The number of anilines is 1. The molecule has 1 unspecified atom stereocenters. The number of halogens is 1. The third kappa shape index (κ3) is 2.78.